The van der Waals surface area contributed by atoms with Crippen LogP contribution in [0.3, 0.4) is 0 Å². The number of rotatable bonds is 4. The lowest BCUT2D eigenvalue weighted by atomic mass is 10.1. The van der Waals surface area contributed by atoms with Crippen LogP contribution in [0.2, 0.25) is 0 Å². The van der Waals surface area contributed by atoms with Crippen molar-refractivity contribution in [2.24, 2.45) is 0 Å². The molecule has 4 nitrogen and oxygen atoms in total. The van der Waals surface area contributed by atoms with Gasteiger partial charge in [0.1, 0.15) is 0 Å². The highest BCUT2D eigenvalue weighted by molar-refractivity contribution is 9.10. The minimum Gasteiger partial charge on any atom is -0.389 e. The van der Waals surface area contributed by atoms with Crippen LogP contribution in [0.1, 0.15) is 24.2 Å². The van der Waals surface area contributed by atoms with E-state index < -0.39 is 16.1 Å². The van der Waals surface area contributed by atoms with E-state index in [4.69, 9.17) is 0 Å². The van der Waals surface area contributed by atoms with Gasteiger partial charge in [-0.25, -0.2) is 8.42 Å². The average Bonchev–Trinajstić information content (AvgIpc) is 2.42. The standard InChI is InChI=1S/C15H16BrNO3S/c1-10-8-13(16)6-7-15(10)17-21(19,20)14-5-3-4-12(9-14)11(2)18/h3-9,11,17-18H,1-2H3. The summed E-state index contributed by atoms with van der Waals surface area (Å²) in [6.45, 7) is 3.42. The normalized spacial score (nSPS) is 13.0. The highest BCUT2D eigenvalue weighted by Gasteiger charge is 2.16. The number of benzene rings is 2. The molecule has 1 unspecified atom stereocenters. The van der Waals surface area contributed by atoms with Crippen molar-refractivity contribution in [2.45, 2.75) is 24.8 Å². The highest BCUT2D eigenvalue weighted by atomic mass is 79.9. The second-order valence-corrected chi connectivity index (χ2v) is 7.41. The van der Waals surface area contributed by atoms with E-state index in [1.165, 1.54) is 12.1 Å². The molecule has 0 heterocycles. The van der Waals surface area contributed by atoms with Crippen LogP contribution in [0.15, 0.2) is 51.8 Å². The Labute approximate surface area is 133 Å². The third kappa shape index (κ3) is 3.84. The average molecular weight is 370 g/mol. The Morgan fingerprint density at radius 3 is 2.52 bits per heavy atom. The summed E-state index contributed by atoms with van der Waals surface area (Å²) < 4.78 is 28.3. The maximum Gasteiger partial charge on any atom is 0.261 e. The van der Waals surface area contributed by atoms with Crippen molar-refractivity contribution in [3.8, 4) is 0 Å². The molecule has 0 spiro atoms. The maximum atomic E-state index is 12.4. The van der Waals surface area contributed by atoms with Gasteiger partial charge in [0.15, 0.2) is 0 Å². The molecule has 21 heavy (non-hydrogen) atoms. The molecule has 0 aliphatic rings. The first kappa shape index (κ1) is 16.0. The zero-order valence-corrected chi connectivity index (χ0v) is 14.1. The van der Waals surface area contributed by atoms with Gasteiger partial charge in [0.05, 0.1) is 16.7 Å². The predicted molar refractivity (Wildman–Crippen MR) is 86.8 cm³/mol. The van der Waals surface area contributed by atoms with E-state index in [2.05, 4.69) is 20.7 Å². The van der Waals surface area contributed by atoms with E-state index in [1.54, 1.807) is 31.2 Å². The fraction of sp³-hybridized carbons (Fsp3) is 0.200. The van der Waals surface area contributed by atoms with Crippen molar-refractivity contribution >= 4 is 31.6 Å². The van der Waals surface area contributed by atoms with Crippen molar-refractivity contribution in [1.29, 1.82) is 0 Å². The third-order valence-corrected chi connectivity index (χ3v) is 4.94. The summed E-state index contributed by atoms with van der Waals surface area (Å²) >= 11 is 3.34. The van der Waals surface area contributed by atoms with Crippen molar-refractivity contribution in [2.75, 3.05) is 4.72 Å². The van der Waals surface area contributed by atoms with Gasteiger partial charge in [0.25, 0.3) is 10.0 Å². The molecule has 0 saturated carbocycles. The van der Waals surface area contributed by atoms with Crippen LogP contribution in [0.4, 0.5) is 5.69 Å². The molecule has 1 atom stereocenters. The summed E-state index contributed by atoms with van der Waals surface area (Å²) in [6, 6.07) is 11.6. The Morgan fingerprint density at radius 1 is 1.19 bits per heavy atom. The van der Waals surface area contributed by atoms with Crippen LogP contribution in [0, 0.1) is 6.92 Å². The van der Waals surface area contributed by atoms with E-state index in [-0.39, 0.29) is 4.90 Å². The Balaban J connectivity index is 2.36. The van der Waals surface area contributed by atoms with Crippen molar-refractivity contribution in [3.63, 3.8) is 0 Å². The second-order valence-electron chi connectivity index (χ2n) is 4.81. The molecule has 0 aromatic heterocycles. The Kier molecular flexibility index (Phi) is 4.70. The maximum absolute atomic E-state index is 12.4. The summed E-state index contributed by atoms with van der Waals surface area (Å²) in [5, 5.41) is 9.56. The minimum atomic E-state index is -3.68. The fourth-order valence-electron chi connectivity index (χ4n) is 1.89. The van der Waals surface area contributed by atoms with Crippen LogP contribution < -0.4 is 4.72 Å². The number of sulfonamides is 1. The van der Waals surface area contributed by atoms with E-state index in [1.807, 2.05) is 13.0 Å². The third-order valence-electron chi connectivity index (χ3n) is 3.08. The molecule has 2 rings (SSSR count). The highest BCUT2D eigenvalue weighted by Crippen LogP contribution is 2.24. The molecular formula is C15H16BrNO3S. The van der Waals surface area contributed by atoms with Crippen LogP contribution in [0.25, 0.3) is 0 Å². The van der Waals surface area contributed by atoms with Gasteiger partial charge in [-0.3, -0.25) is 4.72 Å². The Hall–Kier alpha value is -1.37. The SMILES string of the molecule is Cc1cc(Br)ccc1NS(=O)(=O)c1cccc(C(C)O)c1. The molecular weight excluding hydrogens is 354 g/mol. The molecule has 0 aliphatic carbocycles. The molecule has 112 valence electrons. The number of hydrogen-bond acceptors (Lipinski definition) is 3. The van der Waals surface area contributed by atoms with Crippen LogP contribution >= 0.6 is 15.9 Å². The van der Waals surface area contributed by atoms with E-state index in [9.17, 15) is 13.5 Å². The van der Waals surface area contributed by atoms with E-state index in [0.717, 1.165) is 10.0 Å². The first-order valence-corrected chi connectivity index (χ1v) is 8.64. The fourth-order valence-corrected chi connectivity index (χ4v) is 3.55. The number of nitrogens with one attached hydrogen (secondary N) is 1. The second kappa shape index (κ2) is 6.17. The summed E-state index contributed by atoms with van der Waals surface area (Å²) in [7, 11) is -3.68. The summed E-state index contributed by atoms with van der Waals surface area (Å²) in [6.07, 6.45) is -0.713. The minimum absolute atomic E-state index is 0.128. The van der Waals surface area contributed by atoms with Crippen LogP contribution in [-0.4, -0.2) is 13.5 Å². The Bertz CT molecular complexity index is 757. The number of halogens is 1. The zero-order chi connectivity index (χ0) is 15.6. The molecule has 0 amide bonds. The van der Waals surface area contributed by atoms with Crippen molar-refractivity contribution in [1.82, 2.24) is 0 Å². The van der Waals surface area contributed by atoms with Gasteiger partial charge < -0.3 is 5.11 Å². The van der Waals surface area contributed by atoms with Crippen molar-refractivity contribution in [3.05, 3.63) is 58.1 Å². The number of aliphatic hydroxyl groups excluding tert-OH is 1. The number of aliphatic hydroxyl groups is 1. The van der Waals surface area contributed by atoms with E-state index >= 15 is 0 Å². The predicted octanol–water partition coefficient (Wildman–Crippen LogP) is 3.61. The number of hydrogen-bond donors (Lipinski definition) is 2. The molecule has 0 radical (unpaired) electrons. The van der Waals surface area contributed by atoms with E-state index in [0.29, 0.717) is 11.3 Å². The molecule has 0 saturated heterocycles. The summed E-state index contributed by atoms with van der Waals surface area (Å²) in [4.78, 5) is 0.128. The molecule has 0 fully saturated rings. The topological polar surface area (TPSA) is 66.4 Å². The first-order chi connectivity index (χ1) is 9.79. The molecule has 0 bridgehead atoms. The summed E-state index contributed by atoms with van der Waals surface area (Å²) in [5.74, 6) is 0. The smallest absolute Gasteiger partial charge is 0.261 e. The van der Waals surface area contributed by atoms with Gasteiger partial charge in [0.2, 0.25) is 0 Å². The molecule has 2 N–H and O–H groups in total. The van der Waals surface area contributed by atoms with Gasteiger partial charge in [-0.1, -0.05) is 28.1 Å². The summed E-state index contributed by atoms with van der Waals surface area (Å²) in [5.41, 5.74) is 1.91. The monoisotopic (exact) mass is 369 g/mol. The van der Waals surface area contributed by atoms with Crippen molar-refractivity contribution < 1.29 is 13.5 Å². The quantitative estimate of drug-likeness (QED) is 0.864. The van der Waals surface area contributed by atoms with Gasteiger partial charge >= 0.3 is 0 Å². The lowest BCUT2D eigenvalue weighted by molar-refractivity contribution is 0.199. The number of aryl methyl sites for hydroxylation is 1. The lowest BCUT2D eigenvalue weighted by Gasteiger charge is -2.12. The largest absolute Gasteiger partial charge is 0.389 e. The van der Waals surface area contributed by atoms with Crippen LogP contribution in [-0.2, 0) is 10.0 Å². The van der Waals surface area contributed by atoms with Gasteiger partial charge in [-0.15, -0.1) is 0 Å². The first-order valence-electron chi connectivity index (χ1n) is 6.36. The molecule has 6 heteroatoms. The number of anilines is 1. The molecule has 2 aromatic rings. The Morgan fingerprint density at radius 2 is 1.90 bits per heavy atom. The van der Waals surface area contributed by atoms with Gasteiger partial charge in [-0.2, -0.15) is 0 Å². The van der Waals surface area contributed by atoms with Gasteiger partial charge in [-0.05, 0) is 55.3 Å². The molecule has 2 aromatic carbocycles. The zero-order valence-electron chi connectivity index (χ0n) is 11.7. The molecule has 0 aliphatic heterocycles. The van der Waals surface area contributed by atoms with Gasteiger partial charge in [0, 0.05) is 4.47 Å². The lowest BCUT2D eigenvalue weighted by Crippen LogP contribution is -2.14. The van der Waals surface area contributed by atoms with Crippen LogP contribution in [0.5, 0.6) is 0 Å².